The molecule has 0 aliphatic heterocycles. The van der Waals surface area contributed by atoms with E-state index in [1.54, 1.807) is 12.1 Å². The van der Waals surface area contributed by atoms with E-state index >= 15 is 0 Å². The van der Waals surface area contributed by atoms with Gasteiger partial charge in [-0.3, -0.25) is 10.2 Å². The number of carbonyl (C=O) groups excluding carboxylic acids is 1. The normalized spacial score (nSPS) is 13.9. The molecule has 0 saturated carbocycles. The predicted molar refractivity (Wildman–Crippen MR) is 210 cm³/mol. The first-order chi connectivity index (χ1) is 25.4. The molecule has 3 aliphatic carbocycles. The Balaban J connectivity index is 0.000000691. The Kier molecular flexibility index (Phi) is 12.5. The molecular formula is C45H53N3O4. The number of amides is 1. The Labute approximate surface area is 308 Å². The van der Waals surface area contributed by atoms with Crippen molar-refractivity contribution in [1.29, 1.82) is 0 Å². The highest BCUT2D eigenvalue weighted by molar-refractivity contribution is 5.96. The van der Waals surface area contributed by atoms with Crippen LogP contribution in [0.25, 0.3) is 22.0 Å². The first-order valence-electron chi connectivity index (χ1n) is 19.2. The van der Waals surface area contributed by atoms with Gasteiger partial charge in [-0.15, -0.1) is 0 Å². The van der Waals surface area contributed by atoms with Crippen LogP contribution in [0.4, 0.5) is 0 Å². The lowest BCUT2D eigenvalue weighted by Crippen LogP contribution is -2.36. The highest BCUT2D eigenvalue weighted by Gasteiger charge is 2.33. The minimum Gasteiger partial charge on any atom is -0.494 e. The smallest absolute Gasteiger partial charge is 0.335 e. The van der Waals surface area contributed by atoms with Crippen LogP contribution in [0, 0.1) is 0 Å². The number of hydrogen-bond donors (Lipinski definition) is 3. The summed E-state index contributed by atoms with van der Waals surface area (Å²) in [5.74, 6) is 5.23. The molecule has 0 saturated heterocycles. The Hall–Kier alpha value is -4.88. The Bertz CT molecular complexity index is 1980. The summed E-state index contributed by atoms with van der Waals surface area (Å²) in [7, 11) is 0. The molecule has 3 aliphatic rings. The van der Waals surface area contributed by atoms with E-state index in [0.29, 0.717) is 12.2 Å². The molecule has 7 heteroatoms. The number of carbonyl (C=O) groups is 2. The zero-order valence-electron chi connectivity index (χ0n) is 30.8. The monoisotopic (exact) mass is 699 g/mol. The summed E-state index contributed by atoms with van der Waals surface area (Å²) in [6.45, 7) is 5.77. The lowest BCUT2D eigenvalue weighted by atomic mass is 9.84. The van der Waals surface area contributed by atoms with E-state index in [9.17, 15) is 14.7 Å². The molecule has 1 atom stereocenters. The summed E-state index contributed by atoms with van der Waals surface area (Å²) in [5, 5.41) is 10.3. The number of benzene rings is 4. The van der Waals surface area contributed by atoms with Crippen molar-refractivity contribution in [3.8, 4) is 16.9 Å². The number of hydrogen-bond acceptors (Lipinski definition) is 4. The minimum atomic E-state index is -0.914. The van der Waals surface area contributed by atoms with Crippen molar-refractivity contribution < 1.29 is 19.4 Å². The molecule has 4 N–H and O–H groups in total. The van der Waals surface area contributed by atoms with Gasteiger partial charge in [0.2, 0.25) is 5.91 Å². The molecule has 1 aromatic heterocycles. The average Bonchev–Trinajstić information content (AvgIpc) is 3.64. The number of nitrogens with two attached hydrogens (primary N) is 1. The average molecular weight is 700 g/mol. The number of unbranched alkanes of at least 4 members (excludes halogenated alkanes) is 4. The molecule has 0 radical (unpaired) electrons. The van der Waals surface area contributed by atoms with Gasteiger partial charge in [0.05, 0.1) is 23.6 Å². The fraction of sp³-hybridized carbons (Fsp3) is 0.378. The third-order valence-corrected chi connectivity index (χ3v) is 10.6. The highest BCUT2D eigenvalue weighted by Crippen LogP contribution is 2.43. The standard InChI is InChI=1S/C39H49N3O4.C6H4/c1-3-5-6-7-8-15-30-24-32(46-23-12-13-27-19-21-29(22-20-27)39(44)45)25-34-36-33(38(43)41-40)17-11-18-35(36)42(37(30)34)26-31-16-10-9-14-28(31)4-2;1-2-5-4-6(5)3-1/h9-10,14,16,19-22,24-25,33H,3-8,11-13,15,17-18,23,26,40H2,1-2H3,(H,41,43)(H,44,45);1-4H. The van der Waals surface area contributed by atoms with Gasteiger partial charge in [-0.05, 0) is 121 Å². The van der Waals surface area contributed by atoms with Crippen LogP contribution in [-0.2, 0) is 37.0 Å². The molecule has 272 valence electrons. The zero-order chi connectivity index (χ0) is 36.5. The second-order valence-corrected chi connectivity index (χ2v) is 14.2. The van der Waals surface area contributed by atoms with E-state index in [4.69, 9.17) is 10.6 Å². The molecule has 0 spiro atoms. The van der Waals surface area contributed by atoms with Crippen molar-refractivity contribution in [1.82, 2.24) is 9.99 Å². The summed E-state index contributed by atoms with van der Waals surface area (Å²) in [6, 6.07) is 28.6. The summed E-state index contributed by atoms with van der Waals surface area (Å²) in [4.78, 5) is 24.4. The van der Waals surface area contributed by atoms with Gasteiger partial charge in [-0.1, -0.05) is 94.1 Å². The topological polar surface area (TPSA) is 107 Å². The minimum absolute atomic E-state index is 0.129. The van der Waals surface area contributed by atoms with Gasteiger partial charge in [0.1, 0.15) is 5.75 Å². The molecule has 0 bridgehead atoms. The summed E-state index contributed by atoms with van der Waals surface area (Å²) in [5.41, 5.74) is 14.2. The molecule has 1 heterocycles. The van der Waals surface area contributed by atoms with Crippen LogP contribution >= 0.6 is 0 Å². The Morgan fingerprint density at radius 3 is 2.25 bits per heavy atom. The van der Waals surface area contributed by atoms with Crippen molar-refractivity contribution in [2.75, 3.05) is 6.61 Å². The molecule has 7 rings (SSSR count). The number of fused-ring (bicyclic) bond motifs is 4. The number of aromatic nitrogens is 1. The first kappa shape index (κ1) is 36.9. The lowest BCUT2D eigenvalue weighted by Gasteiger charge is -2.23. The molecule has 4 aromatic rings. The van der Waals surface area contributed by atoms with Crippen LogP contribution in [0.1, 0.15) is 115 Å². The third-order valence-electron chi connectivity index (χ3n) is 10.6. The number of nitrogens with one attached hydrogen (secondary N) is 1. The first-order valence-corrected chi connectivity index (χ1v) is 19.2. The second-order valence-electron chi connectivity index (χ2n) is 14.2. The fourth-order valence-electron chi connectivity index (χ4n) is 7.81. The van der Waals surface area contributed by atoms with Gasteiger partial charge in [0, 0.05) is 17.6 Å². The van der Waals surface area contributed by atoms with E-state index in [1.165, 1.54) is 64.7 Å². The molecule has 1 unspecified atom stereocenters. The van der Waals surface area contributed by atoms with Crippen LogP contribution < -0.4 is 16.0 Å². The predicted octanol–water partition coefficient (Wildman–Crippen LogP) is 9.55. The summed E-state index contributed by atoms with van der Waals surface area (Å²) >= 11 is 0. The van der Waals surface area contributed by atoms with Gasteiger partial charge in [0.25, 0.3) is 0 Å². The van der Waals surface area contributed by atoms with Crippen molar-refractivity contribution in [3.63, 3.8) is 0 Å². The van der Waals surface area contributed by atoms with E-state index in [0.717, 1.165) is 80.2 Å². The zero-order valence-corrected chi connectivity index (χ0v) is 30.8. The number of carboxylic acids is 1. The number of rotatable bonds is 16. The van der Waals surface area contributed by atoms with Crippen molar-refractivity contribution >= 4 is 22.8 Å². The van der Waals surface area contributed by atoms with Crippen molar-refractivity contribution in [3.05, 3.63) is 124 Å². The molecule has 7 nitrogen and oxygen atoms in total. The van der Waals surface area contributed by atoms with Crippen LogP contribution in [0.2, 0.25) is 0 Å². The third kappa shape index (κ3) is 8.76. The van der Waals surface area contributed by atoms with Crippen LogP contribution in [-0.4, -0.2) is 28.2 Å². The number of aryl methyl sites for hydroxylation is 3. The number of nitrogens with zero attached hydrogens (tertiary/aromatic N) is 1. The van der Waals surface area contributed by atoms with Gasteiger partial charge in [0.15, 0.2) is 0 Å². The SMILES string of the molecule is CCCCCCCc1cc(OCCCc2ccc(C(=O)O)cc2)cc2c3c(n(Cc4ccccc4CC)c12)CCCC3C(=O)NN.c1cc2cc-2c1. The van der Waals surface area contributed by atoms with Crippen LogP contribution in [0.5, 0.6) is 5.75 Å². The molecule has 3 aromatic carbocycles. The quantitative estimate of drug-likeness (QED) is 0.0404. The highest BCUT2D eigenvalue weighted by atomic mass is 16.5. The molecule has 52 heavy (non-hydrogen) atoms. The number of aromatic carboxylic acids is 1. The maximum Gasteiger partial charge on any atom is 0.335 e. The molecular weight excluding hydrogens is 647 g/mol. The van der Waals surface area contributed by atoms with E-state index in [1.807, 2.05) is 12.1 Å². The van der Waals surface area contributed by atoms with Crippen molar-refractivity contribution in [2.24, 2.45) is 5.84 Å². The maximum absolute atomic E-state index is 13.2. The van der Waals surface area contributed by atoms with E-state index in [2.05, 4.69) is 84.5 Å². The van der Waals surface area contributed by atoms with E-state index < -0.39 is 5.97 Å². The van der Waals surface area contributed by atoms with Crippen molar-refractivity contribution in [2.45, 2.75) is 103 Å². The number of hydrazine groups is 1. The molecule has 0 fully saturated rings. The van der Waals surface area contributed by atoms with Gasteiger partial charge in [-0.2, -0.15) is 0 Å². The van der Waals surface area contributed by atoms with Crippen LogP contribution in [0.15, 0.2) is 84.9 Å². The van der Waals surface area contributed by atoms with Gasteiger partial charge in [-0.25, -0.2) is 10.6 Å². The Morgan fingerprint density at radius 2 is 1.60 bits per heavy atom. The summed E-state index contributed by atoms with van der Waals surface area (Å²) in [6.07, 6.45) is 12.2. The summed E-state index contributed by atoms with van der Waals surface area (Å²) < 4.78 is 8.93. The van der Waals surface area contributed by atoms with Crippen LogP contribution in [0.3, 0.4) is 0 Å². The molecule has 1 amide bonds. The van der Waals surface area contributed by atoms with Gasteiger partial charge >= 0.3 is 5.97 Å². The van der Waals surface area contributed by atoms with Gasteiger partial charge < -0.3 is 14.4 Å². The largest absolute Gasteiger partial charge is 0.494 e. The fourth-order valence-corrected chi connectivity index (χ4v) is 7.81. The number of carboxylic acid groups (broad SMARTS) is 1. The Morgan fingerprint density at radius 1 is 0.846 bits per heavy atom. The number of ether oxygens (including phenoxy) is 1. The maximum atomic E-state index is 13.2. The lowest BCUT2D eigenvalue weighted by molar-refractivity contribution is -0.122. The second kappa shape index (κ2) is 17.6. The van der Waals surface area contributed by atoms with E-state index in [-0.39, 0.29) is 11.8 Å².